The summed E-state index contributed by atoms with van der Waals surface area (Å²) in [5, 5.41) is 0.305. The molecule has 8 heteroatoms. The van der Waals surface area contributed by atoms with Crippen molar-refractivity contribution in [2.45, 2.75) is 11.8 Å². The lowest BCUT2D eigenvalue weighted by molar-refractivity contribution is 1.22. The van der Waals surface area contributed by atoms with E-state index in [4.69, 9.17) is 81.2 Å². The van der Waals surface area contributed by atoms with Crippen molar-refractivity contribution in [1.29, 1.82) is 0 Å². The van der Waals surface area contributed by atoms with Gasteiger partial charge < -0.3 is 0 Å². The van der Waals surface area contributed by atoms with Crippen LogP contribution in [0.2, 0.25) is 5.02 Å². The summed E-state index contributed by atoms with van der Waals surface area (Å²) < 4.78 is -3.02. The van der Waals surface area contributed by atoms with E-state index >= 15 is 0 Å². The molecule has 0 heterocycles. The van der Waals surface area contributed by atoms with Crippen LogP contribution < -0.4 is 0 Å². The third-order valence-corrected chi connectivity index (χ3v) is 3.82. The molecule has 1 aromatic carbocycles. The number of benzene rings is 1. The first-order chi connectivity index (χ1) is 7.09. The standard InChI is InChI=1S/C8H3Cl7S/c9-6-3-4(16-8(13,14)15)1-2-5(6)7(10,11)12/h1-3H. The van der Waals surface area contributed by atoms with Crippen LogP contribution in [-0.2, 0) is 3.79 Å². The number of halogens is 7. The van der Waals surface area contributed by atoms with Gasteiger partial charge in [0.25, 0.3) is 0 Å². The molecule has 0 spiro atoms. The van der Waals surface area contributed by atoms with Crippen LogP contribution in [0.25, 0.3) is 0 Å². The molecule has 1 aromatic rings. The van der Waals surface area contributed by atoms with E-state index in [0.29, 0.717) is 15.5 Å². The maximum atomic E-state index is 5.95. The van der Waals surface area contributed by atoms with E-state index in [0.717, 1.165) is 11.8 Å². The Morgan fingerprint density at radius 1 is 0.938 bits per heavy atom. The molecule has 0 amide bonds. The fourth-order valence-electron chi connectivity index (χ4n) is 0.923. The van der Waals surface area contributed by atoms with E-state index < -0.39 is 6.92 Å². The smallest absolute Gasteiger partial charge is 0.0838 e. The summed E-state index contributed by atoms with van der Waals surface area (Å²) in [4.78, 5) is 0.669. The molecule has 0 unspecified atom stereocenters. The first-order valence-electron chi connectivity index (χ1n) is 3.72. The van der Waals surface area contributed by atoms with Crippen LogP contribution >= 0.6 is 93.0 Å². The van der Waals surface area contributed by atoms with Gasteiger partial charge in [-0.05, 0) is 12.1 Å². The van der Waals surface area contributed by atoms with Crippen LogP contribution in [0.4, 0.5) is 0 Å². The highest BCUT2D eigenvalue weighted by Crippen LogP contribution is 2.47. The average molecular weight is 379 g/mol. The van der Waals surface area contributed by atoms with E-state index in [-0.39, 0.29) is 0 Å². The van der Waals surface area contributed by atoms with Crippen molar-refractivity contribution in [3.63, 3.8) is 0 Å². The van der Waals surface area contributed by atoms with E-state index in [2.05, 4.69) is 0 Å². The fourth-order valence-corrected chi connectivity index (χ4v) is 3.33. The van der Waals surface area contributed by atoms with E-state index in [1.165, 1.54) is 0 Å². The molecular formula is C8H3Cl7S. The van der Waals surface area contributed by atoms with E-state index in [1.54, 1.807) is 18.2 Å². The van der Waals surface area contributed by atoms with Crippen molar-refractivity contribution in [3.8, 4) is 0 Å². The topological polar surface area (TPSA) is 0 Å². The summed E-state index contributed by atoms with van der Waals surface area (Å²) in [5.74, 6) is 0. The second kappa shape index (κ2) is 5.71. The van der Waals surface area contributed by atoms with Crippen molar-refractivity contribution >= 4 is 93.0 Å². The van der Waals surface area contributed by atoms with Gasteiger partial charge in [-0.15, -0.1) is 0 Å². The lowest BCUT2D eigenvalue weighted by atomic mass is 10.2. The summed E-state index contributed by atoms with van der Waals surface area (Å²) in [6.45, 7) is 0. The predicted molar refractivity (Wildman–Crippen MR) is 76.8 cm³/mol. The van der Waals surface area contributed by atoms with E-state index in [9.17, 15) is 0 Å². The second-order valence-electron chi connectivity index (χ2n) is 2.69. The molecule has 0 aromatic heterocycles. The quantitative estimate of drug-likeness (QED) is 0.392. The van der Waals surface area contributed by atoms with Crippen LogP contribution in [0.15, 0.2) is 23.1 Å². The normalized spacial score (nSPS) is 12.9. The molecule has 0 aliphatic heterocycles. The average Bonchev–Trinajstić information content (AvgIpc) is 1.97. The highest BCUT2D eigenvalue weighted by molar-refractivity contribution is 8.04. The third-order valence-electron chi connectivity index (χ3n) is 1.48. The fraction of sp³-hybridized carbons (Fsp3) is 0.250. The van der Waals surface area contributed by atoms with Gasteiger partial charge in [0.15, 0.2) is 0 Å². The zero-order valence-corrected chi connectivity index (χ0v) is 13.4. The second-order valence-corrected chi connectivity index (χ2v) is 9.62. The van der Waals surface area contributed by atoms with Gasteiger partial charge in [0, 0.05) is 15.5 Å². The van der Waals surface area contributed by atoms with Crippen LogP contribution in [0, 0.1) is 0 Å². The summed E-state index contributed by atoms with van der Waals surface area (Å²) in [7, 11) is 0. The molecule has 0 aliphatic carbocycles. The summed E-state index contributed by atoms with van der Waals surface area (Å²) in [6, 6.07) is 4.81. The molecule has 0 atom stereocenters. The van der Waals surface area contributed by atoms with Gasteiger partial charge in [-0.2, -0.15) is 0 Å². The first kappa shape index (κ1) is 15.7. The molecule has 0 saturated heterocycles. The Labute approximate surface area is 132 Å². The largest absolute Gasteiger partial charge is 0.241 e. The Kier molecular flexibility index (Phi) is 5.59. The Bertz CT molecular complexity index is 379. The highest BCUT2D eigenvalue weighted by Gasteiger charge is 2.27. The molecule has 1 rings (SSSR count). The van der Waals surface area contributed by atoms with Gasteiger partial charge in [0.2, 0.25) is 6.92 Å². The molecule has 90 valence electrons. The van der Waals surface area contributed by atoms with Crippen molar-refractivity contribution in [3.05, 3.63) is 28.8 Å². The SMILES string of the molecule is Clc1cc(SC(Cl)(Cl)Cl)ccc1C(Cl)(Cl)Cl. The number of rotatable bonds is 1. The summed E-state index contributed by atoms with van der Waals surface area (Å²) in [5.41, 5.74) is 0.382. The van der Waals surface area contributed by atoms with Gasteiger partial charge >= 0.3 is 0 Å². The molecule has 0 aliphatic rings. The maximum absolute atomic E-state index is 5.95. The van der Waals surface area contributed by atoms with Gasteiger partial charge in [-0.1, -0.05) is 99.0 Å². The Morgan fingerprint density at radius 2 is 1.50 bits per heavy atom. The van der Waals surface area contributed by atoms with Crippen molar-refractivity contribution in [2.75, 3.05) is 0 Å². The Morgan fingerprint density at radius 3 is 1.88 bits per heavy atom. The molecule has 0 saturated carbocycles. The van der Waals surface area contributed by atoms with Crippen LogP contribution in [-0.4, -0.2) is 3.12 Å². The predicted octanol–water partition coefficient (Wildman–Crippen LogP) is 6.59. The minimum atomic E-state index is -1.57. The van der Waals surface area contributed by atoms with Crippen LogP contribution in [0.5, 0.6) is 0 Å². The van der Waals surface area contributed by atoms with Crippen LogP contribution in [0.3, 0.4) is 0 Å². The zero-order valence-electron chi connectivity index (χ0n) is 7.29. The summed E-state index contributed by atoms with van der Waals surface area (Å²) in [6.07, 6.45) is 0. The number of hydrogen-bond acceptors (Lipinski definition) is 1. The Hall–Kier alpha value is 1.60. The molecule has 0 N–H and O–H groups in total. The van der Waals surface area contributed by atoms with Gasteiger partial charge in [-0.3, -0.25) is 0 Å². The summed E-state index contributed by atoms with van der Waals surface area (Å²) >= 11 is 41.0. The highest BCUT2D eigenvalue weighted by atomic mass is 35.6. The van der Waals surface area contributed by atoms with Crippen molar-refractivity contribution in [2.24, 2.45) is 0 Å². The third kappa shape index (κ3) is 5.07. The van der Waals surface area contributed by atoms with Crippen molar-refractivity contribution < 1.29 is 0 Å². The molecule has 0 nitrogen and oxygen atoms in total. The number of alkyl halides is 6. The van der Waals surface area contributed by atoms with Gasteiger partial charge in [0.05, 0.1) is 0 Å². The number of hydrogen-bond donors (Lipinski definition) is 0. The van der Waals surface area contributed by atoms with Gasteiger partial charge in [-0.25, -0.2) is 0 Å². The molecule has 0 bridgehead atoms. The number of thioether (sulfide) groups is 1. The zero-order chi connectivity index (χ0) is 12.6. The van der Waals surface area contributed by atoms with E-state index in [1.807, 2.05) is 0 Å². The lowest BCUT2D eigenvalue weighted by Crippen LogP contribution is -2.01. The van der Waals surface area contributed by atoms with Crippen molar-refractivity contribution in [1.82, 2.24) is 0 Å². The molecular weight excluding hydrogens is 376 g/mol. The maximum Gasteiger partial charge on any atom is 0.241 e. The Balaban J connectivity index is 3.01. The monoisotopic (exact) mass is 376 g/mol. The molecule has 16 heavy (non-hydrogen) atoms. The van der Waals surface area contributed by atoms with Crippen LogP contribution in [0.1, 0.15) is 5.56 Å². The minimum absolute atomic E-state index is 0.305. The lowest BCUT2D eigenvalue weighted by Gasteiger charge is -2.15. The first-order valence-corrected chi connectivity index (χ1v) is 7.18. The molecule has 0 fully saturated rings. The molecule has 0 radical (unpaired) electrons. The minimum Gasteiger partial charge on any atom is -0.0838 e. The van der Waals surface area contributed by atoms with Gasteiger partial charge in [0.1, 0.15) is 0 Å².